The summed E-state index contributed by atoms with van der Waals surface area (Å²) in [6.45, 7) is 0.155. The van der Waals surface area contributed by atoms with Gasteiger partial charge in [-0.1, -0.05) is 0 Å². The van der Waals surface area contributed by atoms with Gasteiger partial charge in [0.1, 0.15) is 6.54 Å². The van der Waals surface area contributed by atoms with Crippen molar-refractivity contribution in [2.24, 2.45) is 5.14 Å². The first-order valence-electron chi connectivity index (χ1n) is 5.12. The van der Waals surface area contributed by atoms with Crippen molar-refractivity contribution in [3.63, 3.8) is 0 Å². The summed E-state index contributed by atoms with van der Waals surface area (Å²) in [6.07, 6.45) is -4.41. The van der Waals surface area contributed by atoms with E-state index in [4.69, 9.17) is 10.9 Å². The Morgan fingerprint density at radius 2 is 1.84 bits per heavy atom. The first kappa shape index (κ1) is 15.6. The fraction of sp³-hybridized carbons (Fsp3) is 0.400. The lowest BCUT2D eigenvalue weighted by molar-refractivity contribution is -0.119. The average molecular weight is 297 g/mol. The summed E-state index contributed by atoms with van der Waals surface area (Å²) in [5.41, 5.74) is 5.72. The summed E-state index contributed by atoms with van der Waals surface area (Å²) in [5.74, 6) is 0. The van der Waals surface area contributed by atoms with E-state index in [1.54, 1.807) is 0 Å². The van der Waals surface area contributed by atoms with E-state index < -0.39 is 22.7 Å². The maximum absolute atomic E-state index is 12.3. The van der Waals surface area contributed by atoms with E-state index in [1.807, 2.05) is 0 Å². The third-order valence-corrected chi connectivity index (χ3v) is 3.53. The molecular formula is C10H14F3N3O2S. The van der Waals surface area contributed by atoms with Gasteiger partial charge in [-0.15, -0.1) is 0 Å². The standard InChI is InChI=1S/C10H14F3N3O2S/c1-6-8(16(2)5-10(11,12)13)3-7(14)4-9(6)19(15,17)18/h3-4H,5,14H2,1-2H3,(H2,15,17,18). The molecule has 108 valence electrons. The maximum atomic E-state index is 12.3. The molecule has 4 N–H and O–H groups in total. The number of halogens is 3. The van der Waals surface area contributed by atoms with Crippen LogP contribution >= 0.6 is 0 Å². The Kier molecular flexibility index (Phi) is 4.01. The van der Waals surface area contributed by atoms with E-state index in [0.29, 0.717) is 0 Å². The Morgan fingerprint density at radius 1 is 1.32 bits per heavy atom. The third-order valence-electron chi connectivity index (χ3n) is 2.49. The molecule has 0 amide bonds. The van der Waals surface area contributed by atoms with Crippen LogP contribution in [0, 0.1) is 6.92 Å². The van der Waals surface area contributed by atoms with Gasteiger partial charge in [-0.3, -0.25) is 0 Å². The fourth-order valence-corrected chi connectivity index (χ4v) is 2.57. The van der Waals surface area contributed by atoms with Crippen LogP contribution in [0.2, 0.25) is 0 Å². The fourth-order valence-electron chi connectivity index (χ4n) is 1.74. The quantitative estimate of drug-likeness (QED) is 0.821. The van der Waals surface area contributed by atoms with Crippen molar-refractivity contribution in [3.8, 4) is 0 Å². The van der Waals surface area contributed by atoms with E-state index in [-0.39, 0.29) is 21.8 Å². The number of hydrogen-bond acceptors (Lipinski definition) is 4. The van der Waals surface area contributed by atoms with Gasteiger partial charge >= 0.3 is 6.18 Å². The van der Waals surface area contributed by atoms with Gasteiger partial charge in [-0.25, -0.2) is 13.6 Å². The Labute approximate surface area is 109 Å². The zero-order valence-electron chi connectivity index (χ0n) is 10.3. The summed E-state index contributed by atoms with van der Waals surface area (Å²) in [7, 11) is -2.85. The van der Waals surface area contributed by atoms with Gasteiger partial charge in [-0.2, -0.15) is 13.2 Å². The molecule has 1 rings (SSSR count). The predicted molar refractivity (Wildman–Crippen MR) is 66.3 cm³/mol. The topological polar surface area (TPSA) is 89.4 Å². The first-order chi connectivity index (χ1) is 8.42. The van der Waals surface area contributed by atoms with E-state index in [2.05, 4.69) is 0 Å². The molecule has 9 heteroatoms. The molecule has 0 bridgehead atoms. The molecule has 0 unspecified atom stereocenters. The highest BCUT2D eigenvalue weighted by Crippen LogP contribution is 2.30. The number of sulfonamides is 1. The van der Waals surface area contributed by atoms with Gasteiger partial charge in [-0.05, 0) is 24.6 Å². The smallest absolute Gasteiger partial charge is 0.399 e. The van der Waals surface area contributed by atoms with Crippen LogP contribution in [-0.2, 0) is 10.0 Å². The lowest BCUT2D eigenvalue weighted by atomic mass is 10.1. The molecule has 0 spiro atoms. The Bertz CT molecular complexity index is 584. The van der Waals surface area contributed by atoms with Crippen molar-refractivity contribution in [1.29, 1.82) is 0 Å². The molecule has 0 aliphatic carbocycles. The van der Waals surface area contributed by atoms with Crippen LogP contribution < -0.4 is 15.8 Å². The van der Waals surface area contributed by atoms with Crippen molar-refractivity contribution in [2.45, 2.75) is 18.0 Å². The molecular weight excluding hydrogens is 283 g/mol. The number of hydrogen-bond donors (Lipinski definition) is 2. The highest BCUT2D eigenvalue weighted by atomic mass is 32.2. The van der Waals surface area contributed by atoms with Gasteiger partial charge in [0, 0.05) is 18.4 Å². The highest BCUT2D eigenvalue weighted by Gasteiger charge is 2.30. The molecule has 1 aromatic carbocycles. The molecule has 0 saturated heterocycles. The number of nitrogens with zero attached hydrogens (tertiary/aromatic N) is 1. The van der Waals surface area contributed by atoms with Crippen LogP contribution in [0.1, 0.15) is 5.56 Å². The summed E-state index contributed by atoms with van der Waals surface area (Å²) in [6, 6.07) is 2.39. The number of benzene rings is 1. The van der Waals surface area contributed by atoms with Crippen molar-refractivity contribution in [1.82, 2.24) is 0 Å². The van der Waals surface area contributed by atoms with Gasteiger partial charge in [0.25, 0.3) is 0 Å². The lowest BCUT2D eigenvalue weighted by Crippen LogP contribution is -2.31. The minimum Gasteiger partial charge on any atom is -0.399 e. The van der Waals surface area contributed by atoms with E-state index in [1.165, 1.54) is 20.0 Å². The minimum atomic E-state index is -4.41. The van der Waals surface area contributed by atoms with E-state index >= 15 is 0 Å². The molecule has 0 saturated carbocycles. The summed E-state index contributed by atoms with van der Waals surface area (Å²) in [4.78, 5) is 0.594. The van der Waals surface area contributed by atoms with Crippen LogP contribution in [0.25, 0.3) is 0 Å². The molecule has 5 nitrogen and oxygen atoms in total. The van der Waals surface area contributed by atoms with Crippen molar-refractivity contribution >= 4 is 21.4 Å². The molecule has 0 aliphatic rings. The molecule has 1 aromatic rings. The molecule has 0 aromatic heterocycles. The molecule has 0 fully saturated rings. The second kappa shape index (κ2) is 4.89. The lowest BCUT2D eigenvalue weighted by Gasteiger charge is -2.24. The average Bonchev–Trinajstić information content (AvgIpc) is 2.16. The second-order valence-corrected chi connectivity index (χ2v) is 5.71. The summed E-state index contributed by atoms with van der Waals surface area (Å²) in [5, 5.41) is 5.00. The second-order valence-electron chi connectivity index (χ2n) is 4.18. The predicted octanol–water partition coefficient (Wildman–Crippen LogP) is 1.22. The van der Waals surface area contributed by atoms with E-state index in [9.17, 15) is 21.6 Å². The van der Waals surface area contributed by atoms with Crippen LogP contribution in [-0.4, -0.2) is 28.2 Å². The molecule has 19 heavy (non-hydrogen) atoms. The van der Waals surface area contributed by atoms with Crippen LogP contribution in [0.5, 0.6) is 0 Å². The number of anilines is 2. The van der Waals surface area contributed by atoms with Crippen LogP contribution in [0.4, 0.5) is 24.5 Å². The van der Waals surface area contributed by atoms with Gasteiger partial charge < -0.3 is 10.6 Å². The Balaban J connectivity index is 3.34. The SMILES string of the molecule is Cc1c(N(C)CC(F)(F)F)cc(N)cc1S(N)(=O)=O. The van der Waals surface area contributed by atoms with Gasteiger partial charge in [0.05, 0.1) is 4.90 Å². The monoisotopic (exact) mass is 297 g/mol. The normalized spacial score (nSPS) is 12.5. The van der Waals surface area contributed by atoms with Crippen molar-refractivity contribution in [3.05, 3.63) is 17.7 Å². The first-order valence-corrected chi connectivity index (χ1v) is 6.67. The summed E-state index contributed by atoms with van der Waals surface area (Å²) < 4.78 is 59.7. The largest absolute Gasteiger partial charge is 0.405 e. The number of alkyl halides is 3. The van der Waals surface area contributed by atoms with Crippen molar-refractivity contribution < 1.29 is 21.6 Å². The Hall–Kier alpha value is -1.48. The summed E-state index contributed by atoms with van der Waals surface area (Å²) >= 11 is 0. The minimum absolute atomic E-state index is 0.0265. The third kappa shape index (κ3) is 4.00. The molecule has 0 aliphatic heterocycles. The number of nitrogen functional groups attached to an aromatic ring is 1. The zero-order valence-corrected chi connectivity index (χ0v) is 11.1. The van der Waals surface area contributed by atoms with E-state index in [0.717, 1.165) is 11.0 Å². The van der Waals surface area contributed by atoms with Gasteiger partial charge in [0.2, 0.25) is 10.0 Å². The van der Waals surface area contributed by atoms with Gasteiger partial charge in [0.15, 0.2) is 0 Å². The zero-order chi connectivity index (χ0) is 15.0. The molecule has 0 atom stereocenters. The Morgan fingerprint density at radius 3 is 2.26 bits per heavy atom. The van der Waals surface area contributed by atoms with Crippen LogP contribution in [0.3, 0.4) is 0 Å². The molecule has 0 radical (unpaired) electrons. The number of nitrogens with two attached hydrogens (primary N) is 2. The number of rotatable bonds is 3. The van der Waals surface area contributed by atoms with Crippen molar-refractivity contribution in [2.75, 3.05) is 24.2 Å². The highest BCUT2D eigenvalue weighted by molar-refractivity contribution is 7.89. The maximum Gasteiger partial charge on any atom is 0.405 e. The molecule has 0 heterocycles. The number of primary sulfonamides is 1. The van der Waals surface area contributed by atoms with Crippen LogP contribution in [0.15, 0.2) is 17.0 Å².